The number of nitrogens with two attached hydrogens (primary N) is 1. The molecule has 4 aromatic rings. The zero-order valence-electron chi connectivity index (χ0n) is 21.7. The third-order valence-corrected chi connectivity index (χ3v) is 6.13. The average Bonchev–Trinajstić information content (AvgIpc) is 3.30. The van der Waals surface area contributed by atoms with Gasteiger partial charge in [0.05, 0.1) is 22.8 Å². The van der Waals surface area contributed by atoms with Crippen LogP contribution in [0.3, 0.4) is 0 Å². The quantitative estimate of drug-likeness (QED) is 0.251. The molecule has 0 aliphatic rings. The van der Waals surface area contributed by atoms with E-state index < -0.39 is 0 Å². The molecule has 38 heavy (non-hydrogen) atoms. The number of aryl methyl sites for hydroxylation is 1. The van der Waals surface area contributed by atoms with Crippen LogP contribution in [0.5, 0.6) is 0 Å². The van der Waals surface area contributed by atoms with Gasteiger partial charge in [0.1, 0.15) is 0 Å². The molecule has 5 N–H and O–H groups in total. The van der Waals surface area contributed by atoms with Gasteiger partial charge in [-0.1, -0.05) is 24.8 Å². The summed E-state index contributed by atoms with van der Waals surface area (Å²) < 4.78 is 1.73. The number of aromatic amines is 1. The average molecular weight is 510 g/mol. The van der Waals surface area contributed by atoms with Crippen molar-refractivity contribution in [3.05, 3.63) is 107 Å². The van der Waals surface area contributed by atoms with Crippen LogP contribution in [0.2, 0.25) is 0 Å². The number of H-pyrrole nitrogens is 1. The molecule has 0 bridgehead atoms. The number of rotatable bonds is 8. The van der Waals surface area contributed by atoms with Crippen LogP contribution in [0.15, 0.2) is 84.5 Å². The Bertz CT molecular complexity index is 1600. The third-order valence-electron chi connectivity index (χ3n) is 6.13. The van der Waals surface area contributed by atoms with Gasteiger partial charge in [-0.05, 0) is 80.1 Å². The fraction of sp³-hybridized carbons (Fsp3) is 0.172. The van der Waals surface area contributed by atoms with Crippen molar-refractivity contribution in [2.24, 2.45) is 5.73 Å². The molecule has 3 heterocycles. The Kier molecular flexibility index (Phi) is 7.86. The molecule has 0 spiro atoms. The van der Waals surface area contributed by atoms with Crippen LogP contribution in [0.4, 0.5) is 10.7 Å². The Labute approximate surface area is 220 Å². The highest BCUT2D eigenvalue weighted by Gasteiger charge is 2.17. The number of benzene rings is 1. The molecule has 0 radical (unpaired) electrons. The van der Waals surface area contributed by atoms with E-state index in [1.807, 2.05) is 63.2 Å². The molecule has 0 saturated carbocycles. The van der Waals surface area contributed by atoms with Crippen LogP contribution >= 0.6 is 0 Å². The minimum atomic E-state index is -0.360. The van der Waals surface area contributed by atoms with E-state index >= 15 is 0 Å². The van der Waals surface area contributed by atoms with E-state index in [1.165, 1.54) is 6.20 Å². The Balaban J connectivity index is 1.81. The van der Waals surface area contributed by atoms with E-state index in [-0.39, 0.29) is 17.6 Å². The van der Waals surface area contributed by atoms with E-state index in [9.17, 15) is 9.59 Å². The molecule has 0 aliphatic carbocycles. The number of imidazole rings is 1. The van der Waals surface area contributed by atoms with Crippen molar-refractivity contribution < 1.29 is 4.79 Å². The molecule has 9 heteroatoms. The predicted molar refractivity (Wildman–Crippen MR) is 153 cm³/mol. The van der Waals surface area contributed by atoms with E-state index in [0.29, 0.717) is 29.1 Å². The van der Waals surface area contributed by atoms with Crippen LogP contribution in [-0.2, 0) is 0 Å². The third kappa shape index (κ3) is 5.57. The number of hydrogen-bond acceptors (Lipinski definition) is 5. The second-order valence-corrected chi connectivity index (χ2v) is 8.78. The van der Waals surface area contributed by atoms with Crippen LogP contribution in [0.1, 0.15) is 36.8 Å². The summed E-state index contributed by atoms with van der Waals surface area (Å²) in [5.41, 5.74) is 11.3. The lowest BCUT2D eigenvalue weighted by Gasteiger charge is -2.19. The summed E-state index contributed by atoms with van der Waals surface area (Å²) in [6.07, 6.45) is 8.48. The number of hydrogen-bond donors (Lipinski definition) is 4. The zero-order chi connectivity index (χ0) is 27.2. The molecule has 1 aromatic carbocycles. The number of nitrogens with one attached hydrogen (secondary N) is 3. The van der Waals surface area contributed by atoms with Gasteiger partial charge in [0.15, 0.2) is 0 Å². The summed E-state index contributed by atoms with van der Waals surface area (Å²) in [5, 5.41) is 5.40. The number of amides is 2. The van der Waals surface area contributed by atoms with Crippen molar-refractivity contribution in [3.63, 3.8) is 0 Å². The van der Waals surface area contributed by atoms with Gasteiger partial charge in [-0.3, -0.25) is 15.1 Å². The van der Waals surface area contributed by atoms with E-state index in [2.05, 4.69) is 32.2 Å². The Morgan fingerprint density at radius 1 is 1.21 bits per heavy atom. The molecule has 194 valence electrons. The smallest absolute Gasteiger partial charge is 0.321 e. The van der Waals surface area contributed by atoms with Crippen LogP contribution in [0, 0.1) is 6.92 Å². The van der Waals surface area contributed by atoms with Gasteiger partial charge < -0.3 is 20.6 Å². The maximum Gasteiger partial charge on any atom is 0.321 e. The Morgan fingerprint density at radius 3 is 2.68 bits per heavy atom. The lowest BCUT2D eigenvalue weighted by molar-refractivity contribution is 0.252. The van der Waals surface area contributed by atoms with Crippen LogP contribution < -0.4 is 21.9 Å². The molecule has 0 fully saturated rings. The van der Waals surface area contributed by atoms with Gasteiger partial charge in [0, 0.05) is 30.1 Å². The summed E-state index contributed by atoms with van der Waals surface area (Å²) in [5.74, 6) is 0.304. The summed E-state index contributed by atoms with van der Waals surface area (Å²) in [7, 11) is 0. The topological polar surface area (TPSA) is 131 Å². The maximum absolute atomic E-state index is 13.3. The Hall–Kier alpha value is -4.92. The number of carbonyl (C=O) groups is 1. The van der Waals surface area contributed by atoms with E-state index in [4.69, 9.17) is 5.73 Å². The number of fused-ring (bicyclic) bond motifs is 1. The van der Waals surface area contributed by atoms with Gasteiger partial charge in [-0.25, -0.2) is 9.78 Å². The number of pyridine rings is 2. The summed E-state index contributed by atoms with van der Waals surface area (Å²) in [6, 6.07) is 12.5. The molecule has 2 amide bonds. The molecule has 1 atom stereocenters. The Morgan fingerprint density at radius 2 is 2.00 bits per heavy atom. The molecular weight excluding hydrogens is 478 g/mol. The molecular formula is C29H31N7O2. The van der Waals surface area contributed by atoms with E-state index in [1.54, 1.807) is 29.0 Å². The van der Waals surface area contributed by atoms with Crippen LogP contribution in [0.25, 0.3) is 27.7 Å². The van der Waals surface area contributed by atoms with Gasteiger partial charge in [0.25, 0.3) is 5.56 Å². The van der Waals surface area contributed by atoms with Crippen molar-refractivity contribution in [1.82, 2.24) is 24.8 Å². The normalized spacial score (nSPS) is 12.3. The number of nitrogens with zero attached hydrogens (tertiary/aromatic N) is 3. The molecule has 9 nitrogen and oxygen atoms in total. The van der Waals surface area contributed by atoms with Crippen molar-refractivity contribution in [2.45, 2.75) is 26.8 Å². The summed E-state index contributed by atoms with van der Waals surface area (Å²) >= 11 is 0. The van der Waals surface area contributed by atoms with Gasteiger partial charge in [0.2, 0.25) is 5.95 Å². The van der Waals surface area contributed by atoms with E-state index in [0.717, 1.165) is 28.1 Å². The summed E-state index contributed by atoms with van der Waals surface area (Å²) in [4.78, 5) is 37.5. The van der Waals surface area contributed by atoms with Gasteiger partial charge >= 0.3 is 6.03 Å². The minimum absolute atomic E-state index is 0.132. The highest BCUT2D eigenvalue weighted by molar-refractivity contribution is 5.97. The van der Waals surface area contributed by atoms with Gasteiger partial charge in [-0.2, -0.15) is 0 Å². The first kappa shape index (κ1) is 26.2. The van der Waals surface area contributed by atoms with Gasteiger partial charge in [-0.15, -0.1) is 0 Å². The zero-order valence-corrected chi connectivity index (χ0v) is 21.7. The molecule has 1 unspecified atom stereocenters. The molecule has 4 rings (SSSR count). The molecule has 3 aromatic heterocycles. The fourth-order valence-electron chi connectivity index (χ4n) is 4.36. The lowest BCUT2D eigenvalue weighted by atomic mass is 9.97. The highest BCUT2D eigenvalue weighted by atomic mass is 16.2. The maximum atomic E-state index is 13.3. The monoisotopic (exact) mass is 509 g/mol. The first-order chi connectivity index (χ1) is 18.3. The number of anilines is 1. The van der Waals surface area contributed by atoms with Crippen molar-refractivity contribution in [1.29, 1.82) is 0 Å². The number of urea groups is 1. The number of aromatic nitrogens is 4. The fourth-order valence-corrected chi connectivity index (χ4v) is 4.36. The molecule has 0 saturated heterocycles. The molecule has 0 aliphatic heterocycles. The highest BCUT2D eigenvalue weighted by Crippen LogP contribution is 2.32. The second-order valence-electron chi connectivity index (χ2n) is 8.78. The van der Waals surface area contributed by atoms with Crippen molar-refractivity contribution in [3.8, 4) is 11.1 Å². The largest absolute Gasteiger partial charge is 0.405 e. The standard InChI is InChI=1S/C29H31N7O2/c1-5-31-29(38)35-28-33-25-16-22(15-23(27(25)34-28)18(2)10-6-8-12-30)21-14-19(3)36(26(37)17-21)20(4)24-11-7-9-13-32-24/h6-17,20H,2,5,30H2,1,3-4H3,(H3,31,33,34,35,38)/b10-6-,12-8-. The summed E-state index contributed by atoms with van der Waals surface area (Å²) in [6.45, 7) is 10.4. The SMILES string of the molecule is C=C(/C=C\C=C/N)c1cc(-c2cc(C)n(C(C)c3ccccn3)c(=O)c2)cc2nc(NC(=O)NCC)[nH]c12. The van der Waals surface area contributed by atoms with Crippen molar-refractivity contribution >= 4 is 28.6 Å². The lowest BCUT2D eigenvalue weighted by Crippen LogP contribution is -2.28. The number of carbonyl (C=O) groups excluding carboxylic acids is 1. The predicted octanol–water partition coefficient (Wildman–Crippen LogP) is 4.89. The minimum Gasteiger partial charge on any atom is -0.405 e. The first-order valence-corrected chi connectivity index (χ1v) is 12.3. The second kappa shape index (κ2) is 11.4. The first-order valence-electron chi connectivity index (χ1n) is 12.3. The van der Waals surface area contributed by atoms with Crippen molar-refractivity contribution in [2.75, 3.05) is 11.9 Å². The number of allylic oxidation sites excluding steroid dienone is 4. The van der Waals surface area contributed by atoms with Crippen LogP contribution in [-0.4, -0.2) is 32.1 Å².